The molecule has 4 rings (SSSR count). The van der Waals surface area contributed by atoms with Gasteiger partial charge in [0.05, 0.1) is 6.54 Å². The van der Waals surface area contributed by atoms with Gasteiger partial charge in [-0.1, -0.05) is 30.3 Å². The molecule has 38 heavy (non-hydrogen) atoms. The standard InChI is InChI=1S/C29H37N3O6/c1-28(2,3)38-27(36)30-17-19-7-5-8-21(15-19)20-11-13-31(14-12-20)25(34)22-9-6-10-23(16-22)32-18-29(4,37)24(33)26(32)35/h5-10,15-16,20,24,33,37H,11-14,17-18H2,1-4H3,(H,30,36)/t24-,29+/m0/s1. The van der Waals surface area contributed by atoms with E-state index in [1.165, 1.54) is 17.4 Å². The van der Waals surface area contributed by atoms with Crippen molar-refractivity contribution in [3.05, 3.63) is 65.2 Å². The number of anilines is 1. The lowest BCUT2D eigenvalue weighted by atomic mass is 9.88. The first-order valence-electron chi connectivity index (χ1n) is 13.0. The quantitative estimate of drug-likeness (QED) is 0.554. The van der Waals surface area contributed by atoms with Gasteiger partial charge in [0.1, 0.15) is 11.2 Å². The lowest BCUT2D eigenvalue weighted by Gasteiger charge is -2.32. The monoisotopic (exact) mass is 523 g/mol. The van der Waals surface area contributed by atoms with Gasteiger partial charge in [-0.2, -0.15) is 0 Å². The van der Waals surface area contributed by atoms with Crippen LogP contribution in [0.3, 0.4) is 0 Å². The summed E-state index contributed by atoms with van der Waals surface area (Å²) in [6, 6.07) is 14.9. The predicted molar refractivity (Wildman–Crippen MR) is 143 cm³/mol. The van der Waals surface area contributed by atoms with Crippen molar-refractivity contribution < 1.29 is 29.3 Å². The molecule has 0 aromatic heterocycles. The number of piperidine rings is 1. The van der Waals surface area contributed by atoms with E-state index < -0.39 is 29.3 Å². The minimum absolute atomic E-state index is 0.0393. The number of rotatable bonds is 5. The number of aliphatic hydroxyl groups excluding tert-OH is 1. The highest BCUT2D eigenvalue weighted by atomic mass is 16.6. The third-order valence-corrected chi connectivity index (χ3v) is 7.01. The number of ether oxygens (including phenoxy) is 1. The van der Waals surface area contributed by atoms with E-state index in [4.69, 9.17) is 4.74 Å². The van der Waals surface area contributed by atoms with Crippen molar-refractivity contribution in [1.29, 1.82) is 0 Å². The maximum atomic E-state index is 13.3. The second-order valence-electron chi connectivity index (χ2n) is 11.4. The van der Waals surface area contributed by atoms with Crippen LogP contribution in [0.2, 0.25) is 0 Å². The Morgan fingerprint density at radius 1 is 1.11 bits per heavy atom. The predicted octanol–water partition coefficient (Wildman–Crippen LogP) is 3.19. The van der Waals surface area contributed by atoms with Crippen molar-refractivity contribution >= 4 is 23.6 Å². The summed E-state index contributed by atoms with van der Waals surface area (Å²) in [7, 11) is 0. The molecule has 3 amide bonds. The summed E-state index contributed by atoms with van der Waals surface area (Å²) in [4.78, 5) is 40.8. The molecule has 0 spiro atoms. The molecule has 2 aromatic carbocycles. The average Bonchev–Trinajstić information content (AvgIpc) is 3.09. The van der Waals surface area contributed by atoms with Gasteiger partial charge in [0, 0.05) is 30.9 Å². The molecule has 0 radical (unpaired) electrons. The Hall–Kier alpha value is -3.43. The molecular weight excluding hydrogens is 486 g/mol. The van der Waals surface area contributed by atoms with Crippen molar-refractivity contribution in [2.75, 3.05) is 24.5 Å². The summed E-state index contributed by atoms with van der Waals surface area (Å²) >= 11 is 0. The highest BCUT2D eigenvalue weighted by Crippen LogP contribution is 2.31. The molecule has 2 fully saturated rings. The Kier molecular flexibility index (Phi) is 7.80. The number of carbonyl (C=O) groups is 3. The summed E-state index contributed by atoms with van der Waals surface area (Å²) in [5.74, 6) is -0.388. The largest absolute Gasteiger partial charge is 0.444 e. The highest BCUT2D eigenvalue weighted by molar-refractivity contribution is 6.02. The van der Waals surface area contributed by atoms with Gasteiger partial charge in [-0.25, -0.2) is 4.79 Å². The first-order valence-corrected chi connectivity index (χ1v) is 13.0. The number of carbonyl (C=O) groups excluding carboxylic acids is 3. The van der Waals surface area contributed by atoms with E-state index in [2.05, 4.69) is 17.4 Å². The van der Waals surface area contributed by atoms with E-state index in [0.717, 1.165) is 18.4 Å². The van der Waals surface area contributed by atoms with Crippen LogP contribution in [0.5, 0.6) is 0 Å². The number of hydrogen-bond acceptors (Lipinski definition) is 6. The molecule has 9 nitrogen and oxygen atoms in total. The molecular formula is C29H37N3O6. The fourth-order valence-corrected chi connectivity index (χ4v) is 4.97. The number of alkyl carbamates (subject to hydrolysis) is 1. The molecule has 2 aliphatic rings. The van der Waals surface area contributed by atoms with E-state index in [9.17, 15) is 24.6 Å². The minimum atomic E-state index is -1.54. The third kappa shape index (κ3) is 6.34. The van der Waals surface area contributed by atoms with Gasteiger partial charge >= 0.3 is 6.09 Å². The molecule has 0 bridgehead atoms. The molecule has 2 heterocycles. The van der Waals surface area contributed by atoms with Gasteiger partial charge in [-0.05, 0) is 75.8 Å². The zero-order valence-corrected chi connectivity index (χ0v) is 22.4. The summed E-state index contributed by atoms with van der Waals surface area (Å²) in [6.45, 7) is 8.44. The summed E-state index contributed by atoms with van der Waals surface area (Å²) in [5, 5.41) is 23.1. The van der Waals surface area contributed by atoms with Crippen molar-refractivity contribution in [2.24, 2.45) is 0 Å². The number of nitrogens with zero attached hydrogens (tertiary/aromatic N) is 2. The van der Waals surface area contributed by atoms with Gasteiger partial charge < -0.3 is 30.1 Å². The van der Waals surface area contributed by atoms with Crippen molar-refractivity contribution in [2.45, 2.75) is 70.3 Å². The maximum absolute atomic E-state index is 13.3. The molecule has 2 aliphatic heterocycles. The molecule has 2 aromatic rings. The van der Waals surface area contributed by atoms with E-state index >= 15 is 0 Å². The molecule has 0 saturated carbocycles. The number of benzene rings is 2. The molecule has 0 aliphatic carbocycles. The minimum Gasteiger partial charge on any atom is -0.444 e. The summed E-state index contributed by atoms with van der Waals surface area (Å²) in [6.07, 6.45) is -0.316. The fraction of sp³-hybridized carbons (Fsp3) is 0.483. The van der Waals surface area contributed by atoms with E-state index in [1.54, 1.807) is 24.3 Å². The zero-order valence-electron chi connectivity index (χ0n) is 22.4. The lowest BCUT2D eigenvalue weighted by molar-refractivity contribution is -0.130. The summed E-state index contributed by atoms with van der Waals surface area (Å²) in [5.41, 5.74) is 1.02. The maximum Gasteiger partial charge on any atom is 0.407 e. The second kappa shape index (κ2) is 10.7. The van der Waals surface area contributed by atoms with Crippen LogP contribution in [0.4, 0.5) is 10.5 Å². The van der Waals surface area contributed by atoms with E-state index in [-0.39, 0.29) is 12.5 Å². The zero-order chi connectivity index (χ0) is 27.7. The van der Waals surface area contributed by atoms with Gasteiger partial charge in [0.2, 0.25) is 0 Å². The second-order valence-corrected chi connectivity index (χ2v) is 11.4. The van der Waals surface area contributed by atoms with Gasteiger partial charge in [-0.3, -0.25) is 9.59 Å². The van der Waals surface area contributed by atoms with Crippen molar-refractivity contribution in [3.63, 3.8) is 0 Å². The van der Waals surface area contributed by atoms with Crippen LogP contribution in [-0.4, -0.2) is 70.0 Å². The van der Waals surface area contributed by atoms with Crippen molar-refractivity contribution in [1.82, 2.24) is 10.2 Å². The Morgan fingerprint density at radius 3 is 2.42 bits per heavy atom. The smallest absolute Gasteiger partial charge is 0.407 e. The number of nitrogens with one attached hydrogen (secondary N) is 1. The molecule has 9 heteroatoms. The van der Waals surface area contributed by atoms with Crippen LogP contribution >= 0.6 is 0 Å². The summed E-state index contributed by atoms with van der Waals surface area (Å²) < 4.78 is 5.30. The molecule has 204 valence electrons. The Balaban J connectivity index is 1.35. The highest BCUT2D eigenvalue weighted by Gasteiger charge is 2.47. The van der Waals surface area contributed by atoms with Crippen LogP contribution in [0.15, 0.2) is 48.5 Å². The van der Waals surface area contributed by atoms with Crippen LogP contribution < -0.4 is 10.2 Å². The van der Waals surface area contributed by atoms with Crippen LogP contribution in [0, 0.1) is 0 Å². The van der Waals surface area contributed by atoms with Crippen LogP contribution in [-0.2, 0) is 16.1 Å². The van der Waals surface area contributed by atoms with Crippen LogP contribution in [0.1, 0.15) is 67.9 Å². The van der Waals surface area contributed by atoms with Crippen LogP contribution in [0.25, 0.3) is 0 Å². The first kappa shape index (κ1) is 27.6. The number of β-amino-alcohol motifs (C(OH)–C–C–N with tert-alkyl or cyclic N) is 1. The Labute approximate surface area is 223 Å². The normalized spacial score (nSPS) is 22.5. The van der Waals surface area contributed by atoms with Gasteiger partial charge in [0.15, 0.2) is 6.10 Å². The molecule has 2 atom stereocenters. The lowest BCUT2D eigenvalue weighted by Crippen LogP contribution is -2.39. The third-order valence-electron chi connectivity index (χ3n) is 7.01. The molecule has 3 N–H and O–H groups in total. The Morgan fingerprint density at radius 2 is 1.79 bits per heavy atom. The molecule has 0 unspecified atom stereocenters. The number of hydrogen-bond donors (Lipinski definition) is 3. The average molecular weight is 524 g/mol. The van der Waals surface area contributed by atoms with Crippen molar-refractivity contribution in [3.8, 4) is 0 Å². The SMILES string of the molecule is CC(C)(C)OC(=O)NCc1cccc(C2CCN(C(=O)c3cccc(N4C[C@@](C)(O)[C@@H](O)C4=O)c3)CC2)c1. The van der Waals surface area contributed by atoms with Gasteiger partial charge in [0.25, 0.3) is 11.8 Å². The number of aliphatic hydroxyl groups is 2. The topological polar surface area (TPSA) is 119 Å². The van der Waals surface area contributed by atoms with Gasteiger partial charge in [-0.15, -0.1) is 0 Å². The van der Waals surface area contributed by atoms with E-state index in [1.807, 2.05) is 37.8 Å². The number of likely N-dealkylation sites (tertiary alicyclic amines) is 1. The fourth-order valence-electron chi connectivity index (χ4n) is 4.97. The van der Waals surface area contributed by atoms with E-state index in [0.29, 0.717) is 36.8 Å². The number of amides is 3. The molecule has 2 saturated heterocycles. The first-order chi connectivity index (χ1) is 17.8. The Bertz CT molecular complexity index is 1200.